The third-order valence-corrected chi connectivity index (χ3v) is 7.38. The third-order valence-electron chi connectivity index (χ3n) is 7.38. The van der Waals surface area contributed by atoms with Gasteiger partial charge in [-0.15, -0.1) is 0 Å². The summed E-state index contributed by atoms with van der Waals surface area (Å²) >= 11 is 0. The molecule has 3 N–H and O–H groups in total. The molecule has 36 heavy (non-hydrogen) atoms. The SMILES string of the molecule is CC/C(=c1/c(N2CCNCC2)nc(-c2ccncc2C(C)/C=C\C=C/C(C)C)n/c1=C/N)C1CCC1. The van der Waals surface area contributed by atoms with Crippen LogP contribution in [0.2, 0.25) is 0 Å². The summed E-state index contributed by atoms with van der Waals surface area (Å²) in [5, 5.41) is 5.49. The number of allylic oxidation sites excluding steroid dienone is 4. The van der Waals surface area contributed by atoms with E-state index in [-0.39, 0.29) is 5.92 Å². The number of rotatable bonds is 8. The summed E-state index contributed by atoms with van der Waals surface area (Å²) in [5.74, 6) is 3.08. The van der Waals surface area contributed by atoms with E-state index in [0.717, 1.165) is 65.9 Å². The Morgan fingerprint density at radius 1 is 1.14 bits per heavy atom. The Hall–Kier alpha value is -2.99. The molecule has 6 heteroatoms. The molecule has 1 aliphatic heterocycles. The minimum absolute atomic E-state index is 0.175. The van der Waals surface area contributed by atoms with Crippen molar-refractivity contribution >= 4 is 17.6 Å². The van der Waals surface area contributed by atoms with Gasteiger partial charge >= 0.3 is 0 Å². The van der Waals surface area contributed by atoms with Gasteiger partial charge in [-0.3, -0.25) is 4.98 Å². The summed E-state index contributed by atoms with van der Waals surface area (Å²) in [6.45, 7) is 12.6. The van der Waals surface area contributed by atoms with Crippen molar-refractivity contribution in [1.29, 1.82) is 0 Å². The van der Waals surface area contributed by atoms with Crippen LogP contribution in [0.5, 0.6) is 0 Å². The van der Waals surface area contributed by atoms with Crippen LogP contribution in [-0.4, -0.2) is 41.1 Å². The number of hydrogen-bond acceptors (Lipinski definition) is 6. The molecule has 1 atom stereocenters. The first-order valence-corrected chi connectivity index (χ1v) is 13.6. The Balaban J connectivity index is 1.86. The lowest BCUT2D eigenvalue weighted by atomic mass is 9.78. The molecule has 0 spiro atoms. The van der Waals surface area contributed by atoms with E-state index in [2.05, 4.69) is 67.2 Å². The van der Waals surface area contributed by atoms with Gasteiger partial charge in [0, 0.05) is 61.5 Å². The maximum atomic E-state index is 6.26. The molecule has 1 saturated heterocycles. The van der Waals surface area contributed by atoms with Crippen LogP contribution in [0.1, 0.15) is 64.9 Å². The van der Waals surface area contributed by atoms with Crippen molar-refractivity contribution in [2.45, 2.75) is 59.3 Å². The van der Waals surface area contributed by atoms with Gasteiger partial charge < -0.3 is 16.0 Å². The second-order valence-corrected chi connectivity index (χ2v) is 10.3. The Morgan fingerprint density at radius 3 is 2.53 bits per heavy atom. The molecule has 2 fully saturated rings. The lowest BCUT2D eigenvalue weighted by Gasteiger charge is -2.32. The van der Waals surface area contributed by atoms with Crippen molar-refractivity contribution in [2.75, 3.05) is 31.1 Å². The minimum Gasteiger partial charge on any atom is -0.403 e. The van der Waals surface area contributed by atoms with Gasteiger partial charge in [-0.1, -0.05) is 64.0 Å². The van der Waals surface area contributed by atoms with Crippen molar-refractivity contribution in [3.8, 4) is 11.4 Å². The average molecular weight is 487 g/mol. The third kappa shape index (κ3) is 5.86. The molecule has 4 rings (SSSR count). The van der Waals surface area contributed by atoms with E-state index < -0.39 is 0 Å². The highest BCUT2D eigenvalue weighted by atomic mass is 15.2. The monoisotopic (exact) mass is 486 g/mol. The number of aromatic nitrogens is 3. The molecule has 0 radical (unpaired) electrons. The van der Waals surface area contributed by atoms with Gasteiger partial charge in [0.05, 0.1) is 5.35 Å². The molecule has 1 aliphatic carbocycles. The van der Waals surface area contributed by atoms with Crippen LogP contribution >= 0.6 is 0 Å². The molecule has 192 valence electrons. The fourth-order valence-corrected chi connectivity index (χ4v) is 5.14. The van der Waals surface area contributed by atoms with Crippen LogP contribution in [0, 0.1) is 11.8 Å². The largest absolute Gasteiger partial charge is 0.403 e. The molecular weight excluding hydrogens is 444 g/mol. The summed E-state index contributed by atoms with van der Waals surface area (Å²) < 4.78 is 0. The molecule has 2 aromatic rings. The van der Waals surface area contributed by atoms with Crippen LogP contribution in [-0.2, 0) is 0 Å². The van der Waals surface area contributed by atoms with E-state index in [9.17, 15) is 0 Å². The van der Waals surface area contributed by atoms with Gasteiger partial charge in [0.2, 0.25) is 0 Å². The number of nitrogens with one attached hydrogen (secondary N) is 1. The normalized spacial score (nSPS) is 19.4. The molecule has 1 unspecified atom stereocenters. The molecule has 0 amide bonds. The fourth-order valence-electron chi connectivity index (χ4n) is 5.14. The quantitative estimate of drug-likeness (QED) is 0.552. The van der Waals surface area contributed by atoms with Gasteiger partial charge in [-0.2, -0.15) is 0 Å². The number of piperazine rings is 1. The summed E-state index contributed by atoms with van der Waals surface area (Å²) in [6.07, 6.45) is 18.9. The lowest BCUT2D eigenvalue weighted by molar-refractivity contribution is 0.392. The molecule has 0 aromatic carbocycles. The van der Waals surface area contributed by atoms with Crippen LogP contribution in [0.25, 0.3) is 23.2 Å². The topological polar surface area (TPSA) is 80.0 Å². The first kappa shape index (κ1) is 26.1. The lowest BCUT2D eigenvalue weighted by Crippen LogP contribution is -2.49. The predicted octanol–water partition coefficient (Wildman–Crippen LogP) is 3.88. The standard InChI is InChI=1S/C30H42N6/c1-5-24(23-11-8-12-23)28-27(19-31)34-29(35-30(28)36-17-15-32-16-18-36)25-13-14-33-20-26(25)22(4)10-7-6-9-21(2)3/h6-7,9-10,13-14,19-23,32H,5,8,11-12,15-18,31H2,1-4H3/b9-6-,10-7-,27-19+,28-24-. The van der Waals surface area contributed by atoms with Gasteiger partial charge in [0.1, 0.15) is 5.82 Å². The highest BCUT2D eigenvalue weighted by molar-refractivity contribution is 5.65. The van der Waals surface area contributed by atoms with Gasteiger partial charge in [-0.25, -0.2) is 9.97 Å². The molecular formula is C30H42N6. The number of nitrogens with zero attached hydrogens (tertiary/aromatic N) is 4. The van der Waals surface area contributed by atoms with Gasteiger partial charge in [0.25, 0.3) is 0 Å². The van der Waals surface area contributed by atoms with Gasteiger partial charge in [-0.05, 0) is 42.7 Å². The van der Waals surface area contributed by atoms with E-state index in [1.807, 2.05) is 18.5 Å². The van der Waals surface area contributed by atoms with Crippen molar-refractivity contribution in [2.24, 2.45) is 17.6 Å². The van der Waals surface area contributed by atoms with Crippen LogP contribution in [0.3, 0.4) is 0 Å². The van der Waals surface area contributed by atoms with Crippen molar-refractivity contribution in [3.63, 3.8) is 0 Å². The summed E-state index contributed by atoms with van der Waals surface area (Å²) in [5.41, 5.74) is 9.85. The number of nitrogens with two attached hydrogens (primary N) is 1. The zero-order chi connectivity index (χ0) is 25.5. The van der Waals surface area contributed by atoms with Crippen LogP contribution in [0.4, 0.5) is 5.82 Å². The molecule has 6 nitrogen and oxygen atoms in total. The molecule has 2 aromatic heterocycles. The van der Waals surface area contributed by atoms with E-state index in [0.29, 0.717) is 11.8 Å². The maximum Gasteiger partial charge on any atom is 0.162 e. The Bertz CT molecular complexity index is 1200. The number of hydrogen-bond donors (Lipinski definition) is 2. The Labute approximate surface area is 216 Å². The molecule has 2 aliphatic rings. The van der Waals surface area contributed by atoms with Crippen LogP contribution in [0.15, 0.2) is 42.8 Å². The second-order valence-electron chi connectivity index (χ2n) is 10.3. The second kappa shape index (κ2) is 12.3. The first-order valence-electron chi connectivity index (χ1n) is 13.6. The van der Waals surface area contributed by atoms with E-state index in [1.54, 1.807) is 6.20 Å². The highest BCUT2D eigenvalue weighted by Gasteiger charge is 2.25. The first-order chi connectivity index (χ1) is 17.5. The van der Waals surface area contributed by atoms with Crippen molar-refractivity contribution in [1.82, 2.24) is 20.3 Å². The number of anilines is 1. The smallest absolute Gasteiger partial charge is 0.162 e. The predicted molar refractivity (Wildman–Crippen MR) is 151 cm³/mol. The van der Waals surface area contributed by atoms with E-state index >= 15 is 0 Å². The zero-order valence-electron chi connectivity index (χ0n) is 22.4. The molecule has 0 bridgehead atoms. The average Bonchev–Trinajstić information content (AvgIpc) is 2.88. The van der Waals surface area contributed by atoms with E-state index in [1.165, 1.54) is 24.8 Å². The van der Waals surface area contributed by atoms with E-state index in [4.69, 9.17) is 15.7 Å². The Kier molecular flexibility index (Phi) is 8.92. The summed E-state index contributed by atoms with van der Waals surface area (Å²) in [4.78, 5) is 17.2. The van der Waals surface area contributed by atoms with Gasteiger partial charge in [0.15, 0.2) is 5.82 Å². The summed E-state index contributed by atoms with van der Waals surface area (Å²) in [7, 11) is 0. The summed E-state index contributed by atoms with van der Waals surface area (Å²) in [6, 6.07) is 2.04. The van der Waals surface area contributed by atoms with Crippen molar-refractivity contribution in [3.05, 3.63) is 58.9 Å². The zero-order valence-corrected chi connectivity index (χ0v) is 22.4. The van der Waals surface area contributed by atoms with Crippen molar-refractivity contribution < 1.29 is 0 Å². The van der Waals surface area contributed by atoms with Crippen LogP contribution < -0.4 is 26.5 Å². The molecule has 3 heterocycles. The minimum atomic E-state index is 0.175. The highest BCUT2D eigenvalue weighted by Crippen LogP contribution is 2.35. The number of pyridine rings is 1. The Morgan fingerprint density at radius 2 is 1.89 bits per heavy atom. The fraction of sp³-hybridized carbons (Fsp3) is 0.500. The molecule has 1 saturated carbocycles. The maximum absolute atomic E-state index is 6.26.